The summed E-state index contributed by atoms with van der Waals surface area (Å²) < 4.78 is 0. The van der Waals surface area contributed by atoms with Crippen molar-refractivity contribution in [3.05, 3.63) is 66.7 Å². The van der Waals surface area contributed by atoms with Gasteiger partial charge >= 0.3 is 0 Å². The standard InChI is InChI=1S/C19H15N3/c20-19(21)22-17-7-3-6-12-8-9-15-10-13-4-1-2-5-14(13)11-16(15)18(12)17/h1-11H,(H4,20,21,22). The second-order valence-electron chi connectivity index (χ2n) is 5.40. The van der Waals surface area contributed by atoms with Crippen LogP contribution < -0.4 is 11.5 Å². The van der Waals surface area contributed by atoms with Crippen LogP contribution in [0.4, 0.5) is 5.69 Å². The zero-order chi connectivity index (χ0) is 15.1. The van der Waals surface area contributed by atoms with Crippen LogP contribution in [0.5, 0.6) is 0 Å². The minimum Gasteiger partial charge on any atom is -0.370 e. The molecule has 0 aromatic heterocycles. The first-order chi connectivity index (χ1) is 10.7. The number of aliphatic imine (C=N–C) groups is 1. The van der Waals surface area contributed by atoms with Crippen molar-refractivity contribution < 1.29 is 0 Å². The van der Waals surface area contributed by atoms with Crippen molar-refractivity contribution in [2.45, 2.75) is 0 Å². The van der Waals surface area contributed by atoms with Gasteiger partial charge in [-0.2, -0.15) is 0 Å². The molecule has 0 aliphatic rings. The van der Waals surface area contributed by atoms with E-state index in [-0.39, 0.29) is 5.96 Å². The first-order valence-electron chi connectivity index (χ1n) is 7.16. The van der Waals surface area contributed by atoms with Crippen LogP contribution in [-0.4, -0.2) is 5.96 Å². The van der Waals surface area contributed by atoms with Gasteiger partial charge in [0.25, 0.3) is 0 Å². The van der Waals surface area contributed by atoms with Crippen molar-refractivity contribution in [1.82, 2.24) is 0 Å². The second kappa shape index (κ2) is 4.74. The number of rotatable bonds is 1. The fourth-order valence-corrected chi connectivity index (χ4v) is 3.01. The molecule has 0 amide bonds. The number of benzene rings is 4. The quantitative estimate of drug-likeness (QED) is 0.240. The van der Waals surface area contributed by atoms with E-state index in [9.17, 15) is 0 Å². The van der Waals surface area contributed by atoms with E-state index in [1.807, 2.05) is 12.1 Å². The summed E-state index contributed by atoms with van der Waals surface area (Å²) in [7, 11) is 0. The van der Waals surface area contributed by atoms with Gasteiger partial charge in [-0.3, -0.25) is 0 Å². The van der Waals surface area contributed by atoms with E-state index in [4.69, 9.17) is 11.5 Å². The molecule has 0 fully saturated rings. The molecule has 0 radical (unpaired) electrons. The zero-order valence-corrected chi connectivity index (χ0v) is 12.0. The highest BCUT2D eigenvalue weighted by Crippen LogP contribution is 2.35. The van der Waals surface area contributed by atoms with Gasteiger partial charge in [-0.25, -0.2) is 4.99 Å². The lowest BCUT2D eigenvalue weighted by Crippen LogP contribution is -2.21. The highest BCUT2D eigenvalue weighted by molar-refractivity contribution is 6.16. The molecule has 3 nitrogen and oxygen atoms in total. The van der Waals surface area contributed by atoms with Gasteiger partial charge in [-0.15, -0.1) is 0 Å². The average Bonchev–Trinajstić information content (AvgIpc) is 2.52. The molecule has 4 rings (SSSR count). The van der Waals surface area contributed by atoms with Crippen LogP contribution in [0, 0.1) is 0 Å². The maximum atomic E-state index is 5.58. The Labute approximate surface area is 127 Å². The van der Waals surface area contributed by atoms with Crippen LogP contribution in [0.3, 0.4) is 0 Å². The fraction of sp³-hybridized carbons (Fsp3) is 0. The van der Waals surface area contributed by atoms with Crippen molar-refractivity contribution in [3.63, 3.8) is 0 Å². The molecule has 0 aliphatic heterocycles. The molecule has 0 saturated heterocycles. The van der Waals surface area contributed by atoms with Crippen molar-refractivity contribution in [3.8, 4) is 0 Å². The molecular weight excluding hydrogens is 270 g/mol. The largest absolute Gasteiger partial charge is 0.370 e. The Bertz CT molecular complexity index is 1040. The number of nitrogens with two attached hydrogens (primary N) is 2. The van der Waals surface area contributed by atoms with E-state index < -0.39 is 0 Å². The number of hydrogen-bond donors (Lipinski definition) is 2. The Morgan fingerprint density at radius 1 is 0.682 bits per heavy atom. The minimum atomic E-state index is 0.0743. The second-order valence-corrected chi connectivity index (χ2v) is 5.40. The van der Waals surface area contributed by atoms with Gasteiger partial charge in [-0.05, 0) is 45.1 Å². The third kappa shape index (κ3) is 1.95. The average molecular weight is 285 g/mol. The summed E-state index contributed by atoms with van der Waals surface area (Å²) in [5.74, 6) is 0.0743. The molecule has 22 heavy (non-hydrogen) atoms. The van der Waals surface area contributed by atoms with Crippen LogP contribution in [0.15, 0.2) is 71.7 Å². The lowest BCUT2D eigenvalue weighted by Gasteiger charge is -2.09. The fourth-order valence-electron chi connectivity index (χ4n) is 3.01. The van der Waals surface area contributed by atoms with Crippen molar-refractivity contribution >= 4 is 44.0 Å². The molecule has 0 unspecified atom stereocenters. The van der Waals surface area contributed by atoms with E-state index in [1.165, 1.54) is 16.2 Å². The van der Waals surface area contributed by atoms with E-state index >= 15 is 0 Å². The van der Waals surface area contributed by atoms with Gasteiger partial charge < -0.3 is 11.5 Å². The van der Waals surface area contributed by atoms with Gasteiger partial charge in [0.1, 0.15) is 0 Å². The lowest BCUT2D eigenvalue weighted by atomic mass is 9.97. The molecule has 0 atom stereocenters. The number of hydrogen-bond acceptors (Lipinski definition) is 1. The highest BCUT2D eigenvalue weighted by Gasteiger charge is 2.07. The first-order valence-corrected chi connectivity index (χ1v) is 7.16. The van der Waals surface area contributed by atoms with Crippen LogP contribution >= 0.6 is 0 Å². The zero-order valence-electron chi connectivity index (χ0n) is 12.0. The lowest BCUT2D eigenvalue weighted by molar-refractivity contribution is 1.44. The highest BCUT2D eigenvalue weighted by atomic mass is 15.0. The van der Waals surface area contributed by atoms with Crippen LogP contribution in [-0.2, 0) is 0 Å². The molecule has 0 saturated carbocycles. The summed E-state index contributed by atoms with van der Waals surface area (Å²) in [6.45, 7) is 0. The van der Waals surface area contributed by atoms with Gasteiger partial charge in [0.15, 0.2) is 5.96 Å². The molecule has 4 aromatic carbocycles. The molecular formula is C19H15N3. The van der Waals surface area contributed by atoms with E-state index in [1.54, 1.807) is 0 Å². The molecule has 0 spiro atoms. The monoisotopic (exact) mass is 285 g/mol. The van der Waals surface area contributed by atoms with Crippen LogP contribution in [0.25, 0.3) is 32.3 Å². The molecule has 106 valence electrons. The van der Waals surface area contributed by atoms with Crippen LogP contribution in [0.2, 0.25) is 0 Å². The smallest absolute Gasteiger partial charge is 0.191 e. The van der Waals surface area contributed by atoms with Gasteiger partial charge in [0, 0.05) is 5.39 Å². The first kappa shape index (κ1) is 12.7. The van der Waals surface area contributed by atoms with E-state index in [2.05, 4.69) is 59.6 Å². The summed E-state index contributed by atoms with van der Waals surface area (Å²) in [6, 6.07) is 23.0. The Kier molecular flexibility index (Phi) is 2.73. The number of guanidine groups is 1. The summed E-state index contributed by atoms with van der Waals surface area (Å²) in [5, 5.41) is 7.00. The Morgan fingerprint density at radius 3 is 2.14 bits per heavy atom. The maximum absolute atomic E-state index is 5.58. The molecule has 4 N–H and O–H groups in total. The third-order valence-electron chi connectivity index (χ3n) is 3.95. The van der Waals surface area contributed by atoms with E-state index in [0.717, 1.165) is 21.8 Å². The minimum absolute atomic E-state index is 0.0743. The van der Waals surface area contributed by atoms with Crippen molar-refractivity contribution in [2.24, 2.45) is 16.5 Å². The SMILES string of the molecule is NC(N)=Nc1cccc2ccc3cc4ccccc4cc3c12. The van der Waals surface area contributed by atoms with Crippen LogP contribution in [0.1, 0.15) is 0 Å². The van der Waals surface area contributed by atoms with Gasteiger partial charge in [0.05, 0.1) is 5.69 Å². The maximum Gasteiger partial charge on any atom is 0.191 e. The summed E-state index contributed by atoms with van der Waals surface area (Å²) in [6.07, 6.45) is 0. The normalized spacial score (nSPS) is 11.1. The van der Waals surface area contributed by atoms with E-state index in [0.29, 0.717) is 0 Å². The Balaban J connectivity index is 2.21. The number of fused-ring (bicyclic) bond motifs is 4. The molecule has 0 bridgehead atoms. The summed E-state index contributed by atoms with van der Waals surface area (Å²) in [4.78, 5) is 4.29. The molecule has 0 aliphatic carbocycles. The summed E-state index contributed by atoms with van der Waals surface area (Å²) in [5.41, 5.74) is 12.0. The number of nitrogens with zero attached hydrogens (tertiary/aromatic N) is 1. The topological polar surface area (TPSA) is 64.4 Å². The van der Waals surface area contributed by atoms with Crippen molar-refractivity contribution in [1.29, 1.82) is 0 Å². The molecule has 0 heterocycles. The predicted octanol–water partition coefficient (Wildman–Crippen LogP) is 4.05. The Hall–Kier alpha value is -3.07. The Morgan fingerprint density at radius 2 is 1.36 bits per heavy atom. The van der Waals surface area contributed by atoms with Crippen molar-refractivity contribution in [2.75, 3.05) is 0 Å². The third-order valence-corrected chi connectivity index (χ3v) is 3.95. The molecule has 3 heteroatoms. The summed E-state index contributed by atoms with van der Waals surface area (Å²) >= 11 is 0. The predicted molar refractivity (Wildman–Crippen MR) is 94.4 cm³/mol. The van der Waals surface area contributed by atoms with Gasteiger partial charge in [-0.1, -0.05) is 48.5 Å². The van der Waals surface area contributed by atoms with Gasteiger partial charge in [0.2, 0.25) is 0 Å². The molecule has 4 aromatic rings.